The van der Waals surface area contributed by atoms with Crippen LogP contribution in [-0.4, -0.2) is 26.9 Å². The molecule has 1 atom stereocenters. The second-order valence-electron chi connectivity index (χ2n) is 4.10. The van der Waals surface area contributed by atoms with Crippen LogP contribution >= 0.6 is 23.1 Å². The van der Waals surface area contributed by atoms with Crippen molar-refractivity contribution >= 4 is 28.2 Å². The molecule has 1 N–H and O–H groups in total. The summed E-state index contributed by atoms with van der Waals surface area (Å²) < 4.78 is 11.4. The summed E-state index contributed by atoms with van der Waals surface area (Å²) in [5.74, 6) is 1.58. The Balaban J connectivity index is 1.68. The Morgan fingerprint density at radius 2 is 2.33 bits per heavy atom. The standard InChI is InChI=1S/C12H13N5O2S2/c1-3-13-11-15-16-12(21-11)20-7(2)10-14-9(17-19-10)8-5-4-6-18-8/h4-7H,3H2,1-2H3,(H,13,15). The Morgan fingerprint density at radius 3 is 3.10 bits per heavy atom. The van der Waals surface area contributed by atoms with E-state index in [-0.39, 0.29) is 5.25 Å². The predicted molar refractivity (Wildman–Crippen MR) is 80.3 cm³/mol. The zero-order chi connectivity index (χ0) is 14.7. The Morgan fingerprint density at radius 1 is 1.43 bits per heavy atom. The van der Waals surface area contributed by atoms with Crippen LogP contribution in [0.2, 0.25) is 0 Å². The van der Waals surface area contributed by atoms with Crippen molar-refractivity contribution in [1.29, 1.82) is 0 Å². The summed E-state index contributed by atoms with van der Waals surface area (Å²) in [6.07, 6.45) is 1.58. The normalized spacial score (nSPS) is 12.5. The number of aromatic nitrogens is 4. The molecule has 0 fully saturated rings. The molecule has 3 heterocycles. The maximum atomic E-state index is 5.28. The number of hydrogen-bond acceptors (Lipinski definition) is 9. The molecule has 1 unspecified atom stereocenters. The van der Waals surface area contributed by atoms with Gasteiger partial charge in [0.05, 0.1) is 11.5 Å². The largest absolute Gasteiger partial charge is 0.461 e. The van der Waals surface area contributed by atoms with Crippen LogP contribution in [0.5, 0.6) is 0 Å². The average molecular weight is 323 g/mol. The van der Waals surface area contributed by atoms with Crippen LogP contribution in [0, 0.1) is 0 Å². The second-order valence-corrected chi connectivity index (χ2v) is 6.66. The van der Waals surface area contributed by atoms with Crippen molar-refractivity contribution < 1.29 is 8.94 Å². The minimum absolute atomic E-state index is 0.0105. The number of furan rings is 1. The third-order valence-corrected chi connectivity index (χ3v) is 4.60. The quantitative estimate of drug-likeness (QED) is 0.690. The van der Waals surface area contributed by atoms with Crippen molar-refractivity contribution in [1.82, 2.24) is 20.3 Å². The number of nitrogens with one attached hydrogen (secondary N) is 1. The minimum Gasteiger partial charge on any atom is -0.461 e. The molecule has 110 valence electrons. The van der Waals surface area contributed by atoms with Crippen molar-refractivity contribution in [3.05, 3.63) is 24.3 Å². The lowest BCUT2D eigenvalue weighted by molar-refractivity contribution is 0.379. The van der Waals surface area contributed by atoms with E-state index in [1.165, 1.54) is 23.1 Å². The zero-order valence-corrected chi connectivity index (χ0v) is 13.1. The maximum absolute atomic E-state index is 5.28. The fraction of sp³-hybridized carbons (Fsp3) is 0.333. The Bertz CT molecular complexity index is 694. The first-order chi connectivity index (χ1) is 10.3. The van der Waals surface area contributed by atoms with Gasteiger partial charge < -0.3 is 14.3 Å². The van der Waals surface area contributed by atoms with Crippen molar-refractivity contribution in [3.63, 3.8) is 0 Å². The fourth-order valence-corrected chi connectivity index (χ4v) is 3.58. The lowest BCUT2D eigenvalue weighted by Gasteiger charge is -2.01. The van der Waals surface area contributed by atoms with E-state index in [0.29, 0.717) is 17.5 Å². The van der Waals surface area contributed by atoms with Gasteiger partial charge >= 0.3 is 0 Å². The molecule has 0 aliphatic carbocycles. The molecule has 0 saturated heterocycles. The van der Waals surface area contributed by atoms with Gasteiger partial charge in [-0.25, -0.2) is 0 Å². The minimum atomic E-state index is -0.0105. The molecular weight excluding hydrogens is 310 g/mol. The molecule has 3 aromatic heterocycles. The third kappa shape index (κ3) is 3.24. The molecule has 0 aromatic carbocycles. The number of rotatable bonds is 6. The first kappa shape index (κ1) is 14.1. The monoisotopic (exact) mass is 323 g/mol. The molecule has 0 radical (unpaired) electrons. The zero-order valence-electron chi connectivity index (χ0n) is 11.4. The van der Waals surface area contributed by atoms with Gasteiger partial charge in [-0.05, 0) is 26.0 Å². The van der Waals surface area contributed by atoms with E-state index < -0.39 is 0 Å². The van der Waals surface area contributed by atoms with E-state index in [1.807, 2.05) is 13.8 Å². The van der Waals surface area contributed by atoms with Gasteiger partial charge in [-0.3, -0.25) is 0 Å². The summed E-state index contributed by atoms with van der Waals surface area (Å²) in [5.41, 5.74) is 0. The molecular formula is C12H13N5O2S2. The molecule has 0 amide bonds. The van der Waals surface area contributed by atoms with Crippen molar-refractivity contribution in [2.75, 3.05) is 11.9 Å². The number of nitrogens with zero attached hydrogens (tertiary/aromatic N) is 4. The van der Waals surface area contributed by atoms with Crippen LogP contribution in [0.15, 0.2) is 31.7 Å². The van der Waals surface area contributed by atoms with Crippen LogP contribution in [0.3, 0.4) is 0 Å². The highest BCUT2D eigenvalue weighted by molar-refractivity contribution is 8.01. The van der Waals surface area contributed by atoms with E-state index >= 15 is 0 Å². The molecule has 3 aromatic rings. The van der Waals surface area contributed by atoms with E-state index in [9.17, 15) is 0 Å². The molecule has 9 heteroatoms. The summed E-state index contributed by atoms with van der Waals surface area (Å²) in [7, 11) is 0. The topological polar surface area (TPSA) is 89.9 Å². The van der Waals surface area contributed by atoms with Gasteiger partial charge in [0.25, 0.3) is 0 Å². The SMILES string of the molecule is CCNc1nnc(SC(C)c2nc(-c3ccco3)no2)s1. The van der Waals surface area contributed by atoms with Crippen molar-refractivity contribution in [2.45, 2.75) is 23.4 Å². The van der Waals surface area contributed by atoms with Gasteiger partial charge in [0.1, 0.15) is 0 Å². The van der Waals surface area contributed by atoms with Crippen molar-refractivity contribution in [3.8, 4) is 11.6 Å². The second kappa shape index (κ2) is 6.27. The van der Waals surface area contributed by atoms with Crippen LogP contribution in [-0.2, 0) is 0 Å². The van der Waals surface area contributed by atoms with E-state index in [2.05, 4.69) is 25.7 Å². The molecule has 0 aliphatic heterocycles. The first-order valence-corrected chi connectivity index (χ1v) is 8.07. The molecule has 0 aliphatic rings. The first-order valence-electron chi connectivity index (χ1n) is 6.37. The van der Waals surface area contributed by atoms with E-state index in [1.54, 1.807) is 18.4 Å². The number of hydrogen-bond donors (Lipinski definition) is 1. The van der Waals surface area contributed by atoms with Crippen LogP contribution in [0.4, 0.5) is 5.13 Å². The molecule has 21 heavy (non-hydrogen) atoms. The van der Waals surface area contributed by atoms with Gasteiger partial charge in [0.2, 0.25) is 16.8 Å². The summed E-state index contributed by atoms with van der Waals surface area (Å²) in [6.45, 7) is 4.83. The van der Waals surface area contributed by atoms with Crippen LogP contribution in [0.25, 0.3) is 11.6 Å². The summed E-state index contributed by atoms with van der Waals surface area (Å²) in [6, 6.07) is 3.58. The van der Waals surface area contributed by atoms with Gasteiger partial charge in [0.15, 0.2) is 10.1 Å². The lowest BCUT2D eigenvalue weighted by atomic mass is 10.4. The lowest BCUT2D eigenvalue weighted by Crippen LogP contribution is -1.94. The molecule has 3 rings (SSSR count). The summed E-state index contributed by atoms with van der Waals surface area (Å²) in [5, 5.41) is 16.0. The number of thioether (sulfide) groups is 1. The molecule has 0 bridgehead atoms. The highest BCUT2D eigenvalue weighted by Crippen LogP contribution is 2.37. The fourth-order valence-electron chi connectivity index (χ4n) is 1.59. The average Bonchev–Trinajstić information content (AvgIpc) is 3.20. The summed E-state index contributed by atoms with van der Waals surface area (Å²) >= 11 is 3.04. The van der Waals surface area contributed by atoms with Crippen molar-refractivity contribution in [2.24, 2.45) is 0 Å². The van der Waals surface area contributed by atoms with Gasteiger partial charge in [-0.15, -0.1) is 10.2 Å². The predicted octanol–water partition coefficient (Wildman–Crippen LogP) is 3.47. The van der Waals surface area contributed by atoms with Crippen LogP contribution in [0.1, 0.15) is 25.0 Å². The van der Waals surface area contributed by atoms with Gasteiger partial charge in [-0.2, -0.15) is 4.98 Å². The van der Waals surface area contributed by atoms with E-state index in [4.69, 9.17) is 8.94 Å². The molecule has 0 saturated carbocycles. The highest BCUT2D eigenvalue weighted by Gasteiger charge is 2.19. The molecule has 0 spiro atoms. The molecule has 7 nitrogen and oxygen atoms in total. The smallest absolute Gasteiger partial charge is 0.240 e. The Labute approximate surface area is 129 Å². The number of anilines is 1. The maximum Gasteiger partial charge on any atom is 0.240 e. The Hall–Kier alpha value is -1.87. The van der Waals surface area contributed by atoms with Gasteiger partial charge in [0, 0.05) is 6.54 Å². The highest BCUT2D eigenvalue weighted by atomic mass is 32.2. The Kier molecular flexibility index (Phi) is 4.20. The summed E-state index contributed by atoms with van der Waals surface area (Å²) in [4.78, 5) is 4.34. The van der Waals surface area contributed by atoms with E-state index in [0.717, 1.165) is 16.0 Å². The van der Waals surface area contributed by atoms with Gasteiger partial charge in [-0.1, -0.05) is 28.3 Å². The third-order valence-electron chi connectivity index (χ3n) is 2.54. The van der Waals surface area contributed by atoms with Crippen LogP contribution < -0.4 is 5.32 Å².